The lowest BCUT2D eigenvalue weighted by molar-refractivity contribution is -0.0291. The number of ether oxygens (including phenoxy) is 1. The lowest BCUT2D eigenvalue weighted by Crippen LogP contribution is -2.51. The minimum Gasteiger partial charge on any atom is -0.379 e. The summed E-state index contributed by atoms with van der Waals surface area (Å²) < 4.78 is 7.67. The fraction of sp³-hybridized carbons (Fsp3) is 0.609. The van der Waals surface area contributed by atoms with Crippen molar-refractivity contribution >= 4 is 29.3 Å². The number of morpholine rings is 1. The van der Waals surface area contributed by atoms with E-state index >= 15 is 0 Å². The molecule has 31 heavy (non-hydrogen) atoms. The Balaban J connectivity index is 1.73. The second-order valence-corrected chi connectivity index (χ2v) is 10.5. The molecule has 1 aromatic carbocycles. The summed E-state index contributed by atoms with van der Waals surface area (Å²) in [5, 5.41) is 14.5. The van der Waals surface area contributed by atoms with Crippen LogP contribution in [0.2, 0.25) is 10.0 Å². The molecule has 1 saturated carbocycles. The number of benzene rings is 1. The largest absolute Gasteiger partial charge is 0.379 e. The number of halogens is 2. The van der Waals surface area contributed by atoms with Gasteiger partial charge in [0.2, 0.25) is 0 Å². The summed E-state index contributed by atoms with van der Waals surface area (Å²) in [6, 6.07) is 5.53. The van der Waals surface area contributed by atoms with Gasteiger partial charge in [-0.05, 0) is 46.4 Å². The van der Waals surface area contributed by atoms with E-state index in [0.29, 0.717) is 10.0 Å². The summed E-state index contributed by atoms with van der Waals surface area (Å²) in [5.74, 6) is 0.971. The van der Waals surface area contributed by atoms with Crippen molar-refractivity contribution in [3.63, 3.8) is 0 Å². The Morgan fingerprint density at radius 3 is 2.48 bits per heavy atom. The van der Waals surface area contributed by atoms with Gasteiger partial charge in [0.15, 0.2) is 5.82 Å². The van der Waals surface area contributed by atoms with E-state index in [0.717, 1.165) is 50.5 Å². The molecule has 2 aromatic rings. The maximum atomic E-state index is 6.41. The molecule has 1 atom stereocenters. The third-order valence-electron chi connectivity index (χ3n) is 6.53. The summed E-state index contributed by atoms with van der Waals surface area (Å²) in [7, 11) is 0. The first-order chi connectivity index (χ1) is 14.8. The minimum atomic E-state index is -0.122. The molecule has 0 unspecified atom stereocenters. The Morgan fingerprint density at radius 1 is 1.13 bits per heavy atom. The van der Waals surface area contributed by atoms with Crippen LogP contribution in [0, 0.1) is 5.41 Å². The van der Waals surface area contributed by atoms with Crippen molar-refractivity contribution in [3.05, 3.63) is 45.7 Å². The third kappa shape index (κ3) is 4.68. The van der Waals surface area contributed by atoms with E-state index in [1.54, 1.807) is 6.07 Å². The number of hydrogen-bond donors (Lipinski definition) is 0. The standard InChI is InChI=1S/C23H31Cl2N5O/c1-22(2,3)20(9-7-17-6-8-18(24)16-19(17)25)30-21(26-27-28-30)23(10-4-5-11-23)29-12-14-31-15-13-29/h6-9,16,20H,4-5,10-15H2,1-3H3/b9-7-/t20-/m0/s1. The van der Waals surface area contributed by atoms with Crippen LogP contribution in [0.5, 0.6) is 0 Å². The van der Waals surface area contributed by atoms with Gasteiger partial charge in [-0.3, -0.25) is 4.90 Å². The molecule has 0 amide bonds. The Bertz CT molecular complexity index is 924. The van der Waals surface area contributed by atoms with E-state index in [2.05, 4.69) is 53.3 Å². The first-order valence-electron chi connectivity index (χ1n) is 11.1. The van der Waals surface area contributed by atoms with Crippen molar-refractivity contribution in [2.75, 3.05) is 26.3 Å². The van der Waals surface area contributed by atoms with Crippen LogP contribution < -0.4 is 0 Å². The summed E-state index contributed by atoms with van der Waals surface area (Å²) in [6.07, 6.45) is 8.77. The van der Waals surface area contributed by atoms with Gasteiger partial charge in [0.1, 0.15) is 0 Å². The van der Waals surface area contributed by atoms with Crippen LogP contribution in [0.1, 0.15) is 63.9 Å². The molecule has 0 N–H and O–H groups in total. The van der Waals surface area contributed by atoms with E-state index in [4.69, 9.17) is 27.9 Å². The Morgan fingerprint density at radius 2 is 1.84 bits per heavy atom. The SMILES string of the molecule is CC(C)(C)[C@H](/C=C\c1ccc(Cl)cc1Cl)n1nnnc1C1(N2CCOCC2)CCCC1. The van der Waals surface area contributed by atoms with Crippen LogP contribution in [0.4, 0.5) is 0 Å². The fourth-order valence-electron chi connectivity index (χ4n) is 4.89. The third-order valence-corrected chi connectivity index (χ3v) is 7.09. The molecule has 2 aliphatic rings. The zero-order valence-electron chi connectivity index (χ0n) is 18.5. The molecule has 1 aliphatic heterocycles. The lowest BCUT2D eigenvalue weighted by atomic mass is 9.85. The zero-order valence-corrected chi connectivity index (χ0v) is 20.0. The molecule has 1 aromatic heterocycles. The molecule has 0 radical (unpaired) electrons. The van der Waals surface area contributed by atoms with Crippen molar-refractivity contribution < 1.29 is 4.74 Å². The van der Waals surface area contributed by atoms with Gasteiger partial charge in [-0.1, -0.05) is 75.0 Å². The van der Waals surface area contributed by atoms with Crippen LogP contribution in [0.3, 0.4) is 0 Å². The van der Waals surface area contributed by atoms with Gasteiger partial charge >= 0.3 is 0 Å². The molecule has 6 nitrogen and oxygen atoms in total. The van der Waals surface area contributed by atoms with E-state index < -0.39 is 0 Å². The van der Waals surface area contributed by atoms with Crippen molar-refractivity contribution in [2.24, 2.45) is 5.41 Å². The molecule has 2 heterocycles. The highest BCUT2D eigenvalue weighted by atomic mass is 35.5. The van der Waals surface area contributed by atoms with Crippen LogP contribution >= 0.6 is 23.2 Å². The fourth-order valence-corrected chi connectivity index (χ4v) is 5.36. The van der Waals surface area contributed by atoms with Gasteiger partial charge in [0.05, 0.1) is 24.8 Å². The first-order valence-corrected chi connectivity index (χ1v) is 11.8. The summed E-state index contributed by atoms with van der Waals surface area (Å²) in [6.45, 7) is 10.0. The van der Waals surface area contributed by atoms with E-state index in [-0.39, 0.29) is 17.0 Å². The Hall–Kier alpha value is -1.47. The van der Waals surface area contributed by atoms with Crippen LogP contribution in [-0.2, 0) is 10.3 Å². The number of aromatic nitrogens is 4. The van der Waals surface area contributed by atoms with Gasteiger partial charge < -0.3 is 4.74 Å². The van der Waals surface area contributed by atoms with Gasteiger partial charge in [0, 0.05) is 23.1 Å². The molecule has 8 heteroatoms. The normalized spacial score (nSPS) is 21.1. The average Bonchev–Trinajstić information content (AvgIpc) is 3.40. The number of hydrogen-bond acceptors (Lipinski definition) is 5. The number of nitrogens with zero attached hydrogens (tertiary/aromatic N) is 5. The summed E-state index contributed by atoms with van der Waals surface area (Å²) in [4.78, 5) is 2.55. The predicted octanol–water partition coefficient (Wildman–Crippen LogP) is 5.38. The maximum Gasteiger partial charge on any atom is 0.172 e. The second kappa shape index (κ2) is 9.18. The number of tetrazole rings is 1. The molecule has 4 rings (SSSR count). The Labute approximate surface area is 194 Å². The highest BCUT2D eigenvalue weighted by Gasteiger charge is 2.47. The van der Waals surface area contributed by atoms with Crippen LogP contribution in [0.25, 0.3) is 6.08 Å². The van der Waals surface area contributed by atoms with Gasteiger partial charge in [-0.15, -0.1) is 5.10 Å². The molecular weight excluding hydrogens is 433 g/mol. The highest BCUT2D eigenvalue weighted by Crippen LogP contribution is 2.45. The molecule has 0 spiro atoms. The predicted molar refractivity (Wildman–Crippen MR) is 124 cm³/mol. The first kappa shape index (κ1) is 22.7. The molecule has 168 valence electrons. The van der Waals surface area contributed by atoms with E-state index in [1.807, 2.05) is 16.8 Å². The lowest BCUT2D eigenvalue weighted by Gasteiger charge is -2.43. The Kier molecular flexibility index (Phi) is 6.73. The maximum absolute atomic E-state index is 6.41. The van der Waals surface area contributed by atoms with Crippen molar-refractivity contribution in [1.29, 1.82) is 0 Å². The van der Waals surface area contributed by atoms with Crippen molar-refractivity contribution in [2.45, 2.75) is 58.0 Å². The van der Waals surface area contributed by atoms with Gasteiger partial charge in [-0.2, -0.15) is 0 Å². The number of rotatable bonds is 5. The topological polar surface area (TPSA) is 56.1 Å². The van der Waals surface area contributed by atoms with E-state index in [1.165, 1.54) is 12.8 Å². The van der Waals surface area contributed by atoms with Gasteiger partial charge in [-0.25, -0.2) is 4.68 Å². The molecule has 2 fully saturated rings. The summed E-state index contributed by atoms with van der Waals surface area (Å²) >= 11 is 12.5. The highest BCUT2D eigenvalue weighted by molar-refractivity contribution is 6.35. The van der Waals surface area contributed by atoms with Crippen molar-refractivity contribution in [1.82, 2.24) is 25.1 Å². The minimum absolute atomic E-state index is 0.0252. The van der Waals surface area contributed by atoms with Crippen molar-refractivity contribution in [3.8, 4) is 0 Å². The quantitative estimate of drug-likeness (QED) is 0.595. The second-order valence-electron chi connectivity index (χ2n) is 9.62. The molecule has 0 bridgehead atoms. The van der Waals surface area contributed by atoms with Crippen LogP contribution in [-0.4, -0.2) is 51.4 Å². The summed E-state index contributed by atoms with van der Waals surface area (Å²) in [5.41, 5.74) is 0.714. The average molecular weight is 464 g/mol. The number of allylic oxidation sites excluding steroid dienone is 1. The van der Waals surface area contributed by atoms with E-state index in [9.17, 15) is 0 Å². The van der Waals surface area contributed by atoms with Crippen LogP contribution in [0.15, 0.2) is 24.3 Å². The molecule has 1 saturated heterocycles. The molecular formula is C23H31Cl2N5O. The molecule has 1 aliphatic carbocycles. The smallest absolute Gasteiger partial charge is 0.172 e. The van der Waals surface area contributed by atoms with Gasteiger partial charge in [0.25, 0.3) is 0 Å². The monoisotopic (exact) mass is 463 g/mol. The zero-order chi connectivity index (χ0) is 22.1.